The molecule has 15 heavy (non-hydrogen) atoms. The van der Waals surface area contributed by atoms with E-state index >= 15 is 0 Å². The van der Waals surface area contributed by atoms with Crippen molar-refractivity contribution in [1.82, 2.24) is 4.90 Å². The van der Waals surface area contributed by atoms with Crippen LogP contribution < -0.4 is 5.73 Å². The monoisotopic (exact) mass is 210 g/mol. The number of hydrogen-bond acceptors (Lipinski definition) is 2. The molecule has 1 saturated heterocycles. The Balaban J connectivity index is 1.99. The molecule has 2 aliphatic rings. The predicted molar refractivity (Wildman–Crippen MR) is 64.7 cm³/mol. The zero-order valence-electron chi connectivity index (χ0n) is 10.5. The molecule has 4 atom stereocenters. The standard InChI is InChI=1S/C13H26N2/c1-4-6-13(3,5-2)15-8-10-7-12(14)11(10)9-15/h10-12H,4-9,14H2,1-3H3. The summed E-state index contributed by atoms with van der Waals surface area (Å²) in [5.74, 6) is 1.73. The summed E-state index contributed by atoms with van der Waals surface area (Å²) in [6.45, 7) is 9.63. The predicted octanol–water partition coefficient (Wildman–Crippen LogP) is 2.23. The maximum atomic E-state index is 6.06. The Morgan fingerprint density at radius 1 is 1.33 bits per heavy atom. The molecule has 0 radical (unpaired) electrons. The minimum atomic E-state index is 0.436. The van der Waals surface area contributed by atoms with Gasteiger partial charge in [0.05, 0.1) is 0 Å². The Kier molecular flexibility index (Phi) is 3.09. The smallest absolute Gasteiger partial charge is 0.0178 e. The van der Waals surface area contributed by atoms with Crippen LogP contribution in [0, 0.1) is 11.8 Å². The van der Waals surface area contributed by atoms with E-state index in [0.29, 0.717) is 11.6 Å². The van der Waals surface area contributed by atoms with Gasteiger partial charge in [-0.3, -0.25) is 4.90 Å². The summed E-state index contributed by atoms with van der Waals surface area (Å²) in [5.41, 5.74) is 6.49. The molecule has 0 aromatic rings. The number of nitrogens with zero attached hydrogens (tertiary/aromatic N) is 1. The van der Waals surface area contributed by atoms with Gasteiger partial charge >= 0.3 is 0 Å². The summed E-state index contributed by atoms with van der Waals surface area (Å²) < 4.78 is 0. The Morgan fingerprint density at radius 3 is 2.53 bits per heavy atom. The van der Waals surface area contributed by atoms with Crippen LogP contribution >= 0.6 is 0 Å². The summed E-state index contributed by atoms with van der Waals surface area (Å²) >= 11 is 0. The fourth-order valence-corrected chi connectivity index (χ4v) is 3.50. The number of fused-ring (bicyclic) bond motifs is 1. The second kappa shape index (κ2) is 4.06. The lowest BCUT2D eigenvalue weighted by Crippen LogP contribution is -2.47. The Hall–Kier alpha value is -0.0800. The second-order valence-electron chi connectivity index (χ2n) is 5.83. The van der Waals surface area contributed by atoms with E-state index in [1.54, 1.807) is 0 Å². The third kappa shape index (κ3) is 1.83. The van der Waals surface area contributed by atoms with Crippen molar-refractivity contribution < 1.29 is 0 Å². The van der Waals surface area contributed by atoms with Crippen molar-refractivity contribution >= 4 is 0 Å². The Labute approximate surface area is 94.2 Å². The van der Waals surface area contributed by atoms with Gasteiger partial charge in [0.2, 0.25) is 0 Å². The van der Waals surface area contributed by atoms with E-state index in [1.807, 2.05) is 0 Å². The summed E-state index contributed by atoms with van der Waals surface area (Å²) in [7, 11) is 0. The largest absolute Gasteiger partial charge is 0.327 e. The van der Waals surface area contributed by atoms with Gasteiger partial charge in [-0.2, -0.15) is 0 Å². The molecule has 88 valence electrons. The average Bonchev–Trinajstić information content (AvgIpc) is 2.56. The van der Waals surface area contributed by atoms with Crippen LogP contribution in [0.3, 0.4) is 0 Å². The van der Waals surface area contributed by atoms with Gasteiger partial charge < -0.3 is 5.73 Å². The van der Waals surface area contributed by atoms with Gasteiger partial charge in [0.25, 0.3) is 0 Å². The number of rotatable bonds is 4. The SMILES string of the molecule is CCCC(C)(CC)N1CC2CC(N)C2C1. The van der Waals surface area contributed by atoms with Crippen LogP contribution in [-0.2, 0) is 0 Å². The van der Waals surface area contributed by atoms with Crippen LogP contribution in [0.1, 0.15) is 46.5 Å². The third-order valence-corrected chi connectivity index (χ3v) is 4.93. The zero-order valence-corrected chi connectivity index (χ0v) is 10.5. The molecule has 1 saturated carbocycles. The highest BCUT2D eigenvalue weighted by molar-refractivity contribution is 5.03. The molecule has 2 fully saturated rings. The van der Waals surface area contributed by atoms with E-state index in [-0.39, 0.29) is 0 Å². The third-order valence-electron chi connectivity index (χ3n) is 4.93. The molecule has 1 heterocycles. The Bertz CT molecular complexity index is 229. The normalized spacial score (nSPS) is 39.6. The molecule has 2 nitrogen and oxygen atoms in total. The van der Waals surface area contributed by atoms with Crippen molar-refractivity contribution in [2.24, 2.45) is 17.6 Å². The van der Waals surface area contributed by atoms with Gasteiger partial charge in [-0.25, -0.2) is 0 Å². The highest BCUT2D eigenvalue weighted by Crippen LogP contribution is 2.43. The molecule has 0 bridgehead atoms. The first-order valence-corrected chi connectivity index (χ1v) is 6.61. The van der Waals surface area contributed by atoms with Crippen LogP contribution in [0.5, 0.6) is 0 Å². The van der Waals surface area contributed by atoms with Gasteiger partial charge in [0, 0.05) is 24.7 Å². The van der Waals surface area contributed by atoms with Gasteiger partial charge in [0.1, 0.15) is 0 Å². The van der Waals surface area contributed by atoms with Crippen LogP contribution in [0.2, 0.25) is 0 Å². The van der Waals surface area contributed by atoms with Crippen molar-refractivity contribution in [3.8, 4) is 0 Å². The molecular weight excluding hydrogens is 184 g/mol. The van der Waals surface area contributed by atoms with Gasteiger partial charge in [0.15, 0.2) is 0 Å². The minimum Gasteiger partial charge on any atom is -0.327 e. The molecule has 4 unspecified atom stereocenters. The summed E-state index contributed by atoms with van der Waals surface area (Å²) in [6, 6.07) is 0.503. The summed E-state index contributed by atoms with van der Waals surface area (Å²) in [6.07, 6.45) is 5.17. The lowest BCUT2D eigenvalue weighted by Gasteiger charge is -2.38. The van der Waals surface area contributed by atoms with Crippen LogP contribution in [-0.4, -0.2) is 29.6 Å². The molecule has 2 heteroatoms. The van der Waals surface area contributed by atoms with Crippen LogP contribution in [0.4, 0.5) is 0 Å². The topological polar surface area (TPSA) is 29.3 Å². The van der Waals surface area contributed by atoms with Crippen molar-refractivity contribution in [3.05, 3.63) is 0 Å². The van der Waals surface area contributed by atoms with Gasteiger partial charge in [-0.05, 0) is 38.0 Å². The van der Waals surface area contributed by atoms with Gasteiger partial charge in [-0.15, -0.1) is 0 Å². The van der Waals surface area contributed by atoms with Crippen molar-refractivity contribution in [2.75, 3.05) is 13.1 Å². The maximum absolute atomic E-state index is 6.06. The molecule has 1 aliphatic heterocycles. The first-order chi connectivity index (χ1) is 7.10. The molecule has 2 rings (SSSR count). The molecule has 0 aromatic heterocycles. The van der Waals surface area contributed by atoms with Crippen molar-refractivity contribution in [3.63, 3.8) is 0 Å². The van der Waals surface area contributed by atoms with E-state index in [0.717, 1.165) is 11.8 Å². The lowest BCUT2D eigenvalue weighted by atomic mass is 9.72. The van der Waals surface area contributed by atoms with E-state index in [1.165, 1.54) is 38.8 Å². The fraction of sp³-hybridized carbons (Fsp3) is 1.00. The zero-order chi connectivity index (χ0) is 11.1. The molecule has 0 aromatic carbocycles. The van der Waals surface area contributed by atoms with Gasteiger partial charge in [-0.1, -0.05) is 20.3 Å². The molecular formula is C13H26N2. The number of likely N-dealkylation sites (tertiary alicyclic amines) is 1. The second-order valence-corrected chi connectivity index (χ2v) is 5.83. The molecule has 0 spiro atoms. The maximum Gasteiger partial charge on any atom is 0.0178 e. The molecule has 1 aliphatic carbocycles. The summed E-state index contributed by atoms with van der Waals surface area (Å²) in [4.78, 5) is 2.72. The van der Waals surface area contributed by atoms with Crippen LogP contribution in [0.25, 0.3) is 0 Å². The van der Waals surface area contributed by atoms with E-state index in [2.05, 4.69) is 25.7 Å². The van der Waals surface area contributed by atoms with E-state index < -0.39 is 0 Å². The van der Waals surface area contributed by atoms with E-state index in [9.17, 15) is 0 Å². The fourth-order valence-electron chi connectivity index (χ4n) is 3.50. The minimum absolute atomic E-state index is 0.436. The molecule has 2 N–H and O–H groups in total. The lowest BCUT2D eigenvalue weighted by molar-refractivity contribution is 0.114. The average molecular weight is 210 g/mol. The van der Waals surface area contributed by atoms with Crippen molar-refractivity contribution in [1.29, 1.82) is 0 Å². The first kappa shape index (κ1) is 11.4. The first-order valence-electron chi connectivity index (χ1n) is 6.61. The number of hydrogen-bond donors (Lipinski definition) is 1. The Morgan fingerprint density at radius 2 is 2.07 bits per heavy atom. The quantitative estimate of drug-likeness (QED) is 0.771. The highest BCUT2D eigenvalue weighted by Gasteiger charge is 2.48. The van der Waals surface area contributed by atoms with Crippen LogP contribution in [0.15, 0.2) is 0 Å². The highest BCUT2D eigenvalue weighted by atomic mass is 15.2. The molecule has 0 amide bonds. The van der Waals surface area contributed by atoms with Crippen molar-refractivity contribution in [2.45, 2.75) is 58.0 Å². The summed E-state index contributed by atoms with van der Waals surface area (Å²) in [5, 5.41) is 0. The van der Waals surface area contributed by atoms with E-state index in [4.69, 9.17) is 5.73 Å². The number of nitrogens with two attached hydrogens (primary N) is 1.